The molecule has 0 heterocycles. The second kappa shape index (κ2) is 4.76. The smallest absolute Gasteiger partial charge is 0.328 e. The largest absolute Gasteiger partial charge is 0.478 e. The lowest BCUT2D eigenvalue weighted by Gasteiger charge is -1.87. The molecule has 0 saturated carbocycles. The fourth-order valence-corrected chi connectivity index (χ4v) is 0.347. The summed E-state index contributed by atoms with van der Waals surface area (Å²) in [6.07, 6.45) is 3.95. The van der Waals surface area contributed by atoms with Gasteiger partial charge in [-0.1, -0.05) is 12.2 Å². The number of hydrogen-bond acceptors (Lipinski definition) is 2. The molecule has 0 unspecified atom stereocenters. The number of carbonyl (C=O) groups is 1. The topological polar surface area (TPSA) is 57.5 Å². The average Bonchev–Trinajstić information content (AvgIpc) is 1.87. The van der Waals surface area contributed by atoms with Crippen LogP contribution >= 0.6 is 0 Å². The average molecular weight is 142 g/mol. The minimum absolute atomic E-state index is 0.0377. The molecule has 0 atom stereocenters. The highest BCUT2D eigenvalue weighted by atomic mass is 16.4. The van der Waals surface area contributed by atoms with Gasteiger partial charge in [-0.15, -0.1) is 0 Å². The standard InChI is InChI=1S/C7H10O3/c1-6(5-8)3-2-4-7(9)10/h2-4,8H,5H2,1H3,(H,9,10)/b4-2+,6-3+. The van der Waals surface area contributed by atoms with Crippen molar-refractivity contribution in [3.8, 4) is 0 Å². The van der Waals surface area contributed by atoms with Crippen molar-refractivity contribution in [2.24, 2.45) is 0 Å². The molecule has 0 radical (unpaired) electrons. The molecule has 0 saturated heterocycles. The Bertz CT molecular complexity index is 168. The van der Waals surface area contributed by atoms with Crippen LogP contribution in [0, 0.1) is 0 Å². The summed E-state index contributed by atoms with van der Waals surface area (Å²) in [6.45, 7) is 1.68. The van der Waals surface area contributed by atoms with E-state index in [9.17, 15) is 4.79 Å². The number of carboxylic acids is 1. The summed E-state index contributed by atoms with van der Waals surface area (Å²) in [7, 11) is 0. The van der Waals surface area contributed by atoms with Gasteiger partial charge in [-0.2, -0.15) is 0 Å². The highest BCUT2D eigenvalue weighted by Crippen LogP contribution is 1.89. The summed E-state index contributed by atoms with van der Waals surface area (Å²) in [5, 5.41) is 16.6. The monoisotopic (exact) mass is 142 g/mol. The number of hydrogen-bond donors (Lipinski definition) is 2. The molecule has 3 nitrogen and oxygen atoms in total. The van der Waals surface area contributed by atoms with Crippen molar-refractivity contribution in [2.45, 2.75) is 6.92 Å². The lowest BCUT2D eigenvalue weighted by atomic mass is 10.3. The molecule has 0 aliphatic rings. The van der Waals surface area contributed by atoms with E-state index in [0.717, 1.165) is 11.6 Å². The zero-order valence-electron chi connectivity index (χ0n) is 5.74. The fraction of sp³-hybridized carbons (Fsp3) is 0.286. The van der Waals surface area contributed by atoms with Crippen molar-refractivity contribution in [3.63, 3.8) is 0 Å². The first kappa shape index (κ1) is 8.91. The van der Waals surface area contributed by atoms with Gasteiger partial charge >= 0.3 is 5.97 Å². The van der Waals surface area contributed by atoms with E-state index in [-0.39, 0.29) is 6.61 Å². The Morgan fingerprint density at radius 2 is 2.20 bits per heavy atom. The lowest BCUT2D eigenvalue weighted by molar-refractivity contribution is -0.131. The van der Waals surface area contributed by atoms with Crippen LogP contribution in [0.1, 0.15) is 6.92 Å². The molecule has 0 amide bonds. The molecule has 2 N–H and O–H groups in total. The number of carboxylic acid groups (broad SMARTS) is 1. The summed E-state index contributed by atoms with van der Waals surface area (Å²) < 4.78 is 0. The number of rotatable bonds is 3. The zero-order chi connectivity index (χ0) is 7.98. The Morgan fingerprint density at radius 1 is 1.60 bits per heavy atom. The van der Waals surface area contributed by atoms with Crippen LogP contribution in [0.4, 0.5) is 0 Å². The van der Waals surface area contributed by atoms with Crippen molar-refractivity contribution >= 4 is 5.97 Å². The van der Waals surface area contributed by atoms with Gasteiger partial charge in [-0.3, -0.25) is 0 Å². The van der Waals surface area contributed by atoms with Crippen molar-refractivity contribution in [3.05, 3.63) is 23.8 Å². The Hall–Kier alpha value is -1.09. The van der Waals surface area contributed by atoms with Crippen LogP contribution in [0.25, 0.3) is 0 Å². The Labute approximate surface area is 59.3 Å². The van der Waals surface area contributed by atoms with E-state index < -0.39 is 5.97 Å². The van der Waals surface area contributed by atoms with Crippen LogP contribution in [0.2, 0.25) is 0 Å². The van der Waals surface area contributed by atoms with Gasteiger partial charge in [0.2, 0.25) is 0 Å². The van der Waals surface area contributed by atoms with Gasteiger partial charge in [-0.05, 0) is 12.5 Å². The summed E-state index contributed by atoms with van der Waals surface area (Å²) in [6, 6.07) is 0. The zero-order valence-corrected chi connectivity index (χ0v) is 5.74. The lowest BCUT2D eigenvalue weighted by Crippen LogP contribution is -1.86. The van der Waals surface area contributed by atoms with E-state index >= 15 is 0 Å². The molecular formula is C7H10O3. The van der Waals surface area contributed by atoms with Crippen LogP contribution in [-0.4, -0.2) is 22.8 Å². The molecule has 0 aromatic carbocycles. The Balaban J connectivity index is 3.82. The molecule has 0 aliphatic heterocycles. The predicted molar refractivity (Wildman–Crippen MR) is 37.6 cm³/mol. The van der Waals surface area contributed by atoms with Crippen LogP contribution in [-0.2, 0) is 4.79 Å². The molecule has 0 rings (SSSR count). The van der Waals surface area contributed by atoms with E-state index in [4.69, 9.17) is 10.2 Å². The van der Waals surface area contributed by atoms with Crippen LogP contribution in [0.3, 0.4) is 0 Å². The van der Waals surface area contributed by atoms with Gasteiger partial charge < -0.3 is 10.2 Å². The van der Waals surface area contributed by atoms with Crippen molar-refractivity contribution in [1.82, 2.24) is 0 Å². The highest BCUT2D eigenvalue weighted by Gasteiger charge is 1.83. The minimum Gasteiger partial charge on any atom is -0.478 e. The molecule has 0 spiro atoms. The van der Waals surface area contributed by atoms with Crippen molar-refractivity contribution in [1.29, 1.82) is 0 Å². The first-order valence-electron chi connectivity index (χ1n) is 2.84. The second-order valence-corrected chi connectivity index (χ2v) is 1.87. The summed E-state index contributed by atoms with van der Waals surface area (Å²) in [5.41, 5.74) is 0.734. The van der Waals surface area contributed by atoms with Crippen LogP contribution in [0.5, 0.6) is 0 Å². The fourth-order valence-electron chi connectivity index (χ4n) is 0.347. The number of aliphatic hydroxyl groups is 1. The van der Waals surface area contributed by atoms with E-state index in [2.05, 4.69) is 0 Å². The molecule has 0 aliphatic carbocycles. The molecule has 56 valence electrons. The highest BCUT2D eigenvalue weighted by molar-refractivity contribution is 5.80. The van der Waals surface area contributed by atoms with Crippen molar-refractivity contribution < 1.29 is 15.0 Å². The number of allylic oxidation sites excluding steroid dienone is 2. The maximum absolute atomic E-state index is 9.89. The van der Waals surface area contributed by atoms with E-state index in [1.807, 2.05) is 0 Å². The third-order valence-corrected chi connectivity index (χ3v) is 0.869. The SMILES string of the molecule is C/C(=C\C=C\C(=O)O)CO. The molecule has 0 bridgehead atoms. The molecule has 0 fully saturated rings. The third-order valence-electron chi connectivity index (χ3n) is 0.869. The first-order valence-corrected chi connectivity index (χ1v) is 2.84. The summed E-state index contributed by atoms with van der Waals surface area (Å²) in [4.78, 5) is 9.89. The van der Waals surface area contributed by atoms with Crippen LogP contribution < -0.4 is 0 Å². The van der Waals surface area contributed by atoms with E-state index in [1.54, 1.807) is 13.0 Å². The molecule has 3 heteroatoms. The third kappa shape index (κ3) is 5.05. The van der Waals surface area contributed by atoms with Gasteiger partial charge in [0.05, 0.1) is 6.61 Å². The van der Waals surface area contributed by atoms with Gasteiger partial charge in [0.25, 0.3) is 0 Å². The van der Waals surface area contributed by atoms with E-state index in [1.165, 1.54) is 6.08 Å². The van der Waals surface area contributed by atoms with Gasteiger partial charge in [0.1, 0.15) is 0 Å². The maximum Gasteiger partial charge on any atom is 0.328 e. The van der Waals surface area contributed by atoms with E-state index in [0.29, 0.717) is 0 Å². The van der Waals surface area contributed by atoms with Crippen molar-refractivity contribution in [2.75, 3.05) is 6.61 Å². The quantitative estimate of drug-likeness (QED) is 0.447. The Kier molecular flexibility index (Phi) is 4.24. The predicted octanol–water partition coefficient (Wildman–Crippen LogP) is 0.566. The first-order chi connectivity index (χ1) is 4.66. The summed E-state index contributed by atoms with van der Waals surface area (Å²) in [5.74, 6) is -0.984. The van der Waals surface area contributed by atoms with Gasteiger partial charge in [0.15, 0.2) is 0 Å². The normalized spacial score (nSPS) is 12.4. The molecule has 0 aromatic heterocycles. The van der Waals surface area contributed by atoms with Crippen LogP contribution in [0.15, 0.2) is 23.8 Å². The summed E-state index contributed by atoms with van der Waals surface area (Å²) >= 11 is 0. The number of aliphatic hydroxyl groups excluding tert-OH is 1. The van der Waals surface area contributed by atoms with Gasteiger partial charge in [-0.25, -0.2) is 4.79 Å². The second-order valence-electron chi connectivity index (χ2n) is 1.87. The van der Waals surface area contributed by atoms with Gasteiger partial charge in [0, 0.05) is 6.08 Å². The maximum atomic E-state index is 9.89. The number of aliphatic carboxylic acids is 1. The molecule has 0 aromatic rings. The minimum atomic E-state index is -0.984. The Morgan fingerprint density at radius 3 is 2.60 bits per heavy atom. The molecule has 10 heavy (non-hydrogen) atoms. The molecular weight excluding hydrogens is 132 g/mol.